The van der Waals surface area contributed by atoms with E-state index < -0.39 is 0 Å². The van der Waals surface area contributed by atoms with Crippen molar-refractivity contribution in [3.05, 3.63) is 58.9 Å². The summed E-state index contributed by atoms with van der Waals surface area (Å²) in [7, 11) is 0. The standard InChI is InChI=1S/C13H8ClFO/c14-13-6-5-10(15)7-12(13)11-4-2-1-3-9(11)8-16/h1-8H. The molecule has 3 heteroatoms. The van der Waals surface area contributed by atoms with E-state index in [0.717, 1.165) is 6.29 Å². The van der Waals surface area contributed by atoms with Gasteiger partial charge in [-0.3, -0.25) is 4.79 Å². The second-order valence-corrected chi connectivity index (χ2v) is 3.74. The molecule has 0 fully saturated rings. The average molecular weight is 235 g/mol. The molecule has 0 saturated heterocycles. The summed E-state index contributed by atoms with van der Waals surface area (Å²) < 4.78 is 13.1. The molecule has 0 aliphatic rings. The highest BCUT2D eigenvalue weighted by Crippen LogP contribution is 2.30. The molecule has 0 radical (unpaired) electrons. The minimum absolute atomic E-state index is 0.375. The Bertz CT molecular complexity index is 537. The van der Waals surface area contributed by atoms with Crippen molar-refractivity contribution in [2.24, 2.45) is 0 Å². The van der Waals surface area contributed by atoms with Crippen LogP contribution in [0.2, 0.25) is 5.02 Å². The molecule has 0 saturated carbocycles. The van der Waals surface area contributed by atoms with Crippen LogP contribution in [0.15, 0.2) is 42.5 Å². The van der Waals surface area contributed by atoms with Crippen molar-refractivity contribution in [2.45, 2.75) is 0 Å². The van der Waals surface area contributed by atoms with Gasteiger partial charge in [0.15, 0.2) is 6.29 Å². The summed E-state index contributed by atoms with van der Waals surface area (Å²) in [6.07, 6.45) is 0.733. The molecule has 0 bridgehead atoms. The van der Waals surface area contributed by atoms with Crippen molar-refractivity contribution in [3.63, 3.8) is 0 Å². The molecule has 0 aromatic heterocycles. The number of rotatable bonds is 2. The Morgan fingerprint density at radius 2 is 1.81 bits per heavy atom. The summed E-state index contributed by atoms with van der Waals surface area (Å²) in [5.74, 6) is -0.375. The van der Waals surface area contributed by atoms with Crippen molar-refractivity contribution in [1.29, 1.82) is 0 Å². The molecule has 0 atom stereocenters. The van der Waals surface area contributed by atoms with Gasteiger partial charge in [-0.25, -0.2) is 4.39 Å². The topological polar surface area (TPSA) is 17.1 Å². The first-order valence-electron chi connectivity index (χ1n) is 4.72. The number of halogens is 2. The van der Waals surface area contributed by atoms with E-state index in [4.69, 9.17) is 11.6 Å². The number of carbonyl (C=O) groups excluding carboxylic acids is 1. The molecule has 2 aromatic rings. The summed E-state index contributed by atoms with van der Waals surface area (Å²) in [5.41, 5.74) is 1.67. The van der Waals surface area contributed by atoms with E-state index in [0.29, 0.717) is 21.7 Å². The number of aldehydes is 1. The van der Waals surface area contributed by atoms with Crippen LogP contribution in [0.3, 0.4) is 0 Å². The second-order valence-electron chi connectivity index (χ2n) is 3.33. The van der Waals surface area contributed by atoms with Crippen molar-refractivity contribution >= 4 is 17.9 Å². The largest absolute Gasteiger partial charge is 0.298 e. The predicted molar refractivity (Wildman–Crippen MR) is 62.2 cm³/mol. The van der Waals surface area contributed by atoms with E-state index in [2.05, 4.69) is 0 Å². The molecule has 2 aromatic carbocycles. The Kier molecular flexibility index (Phi) is 3.02. The quantitative estimate of drug-likeness (QED) is 0.719. The van der Waals surface area contributed by atoms with Crippen LogP contribution in [-0.4, -0.2) is 6.29 Å². The fraction of sp³-hybridized carbons (Fsp3) is 0. The Morgan fingerprint density at radius 1 is 1.06 bits per heavy atom. The van der Waals surface area contributed by atoms with Gasteiger partial charge in [0.2, 0.25) is 0 Å². The fourth-order valence-electron chi connectivity index (χ4n) is 1.55. The van der Waals surface area contributed by atoms with E-state index in [9.17, 15) is 9.18 Å². The third-order valence-electron chi connectivity index (χ3n) is 2.31. The van der Waals surface area contributed by atoms with Crippen LogP contribution in [0.1, 0.15) is 10.4 Å². The van der Waals surface area contributed by atoms with Crippen LogP contribution >= 0.6 is 11.6 Å². The number of hydrogen-bond donors (Lipinski definition) is 0. The van der Waals surface area contributed by atoms with Crippen molar-refractivity contribution in [2.75, 3.05) is 0 Å². The Morgan fingerprint density at radius 3 is 2.56 bits per heavy atom. The molecular formula is C13H8ClFO. The molecule has 0 unspecified atom stereocenters. The van der Waals surface area contributed by atoms with Gasteiger partial charge in [0.25, 0.3) is 0 Å². The number of benzene rings is 2. The zero-order valence-electron chi connectivity index (χ0n) is 8.28. The molecule has 0 heterocycles. The molecule has 0 N–H and O–H groups in total. The van der Waals surface area contributed by atoms with E-state index in [-0.39, 0.29) is 5.82 Å². The molecule has 0 amide bonds. The van der Waals surface area contributed by atoms with Gasteiger partial charge in [0, 0.05) is 16.1 Å². The highest BCUT2D eigenvalue weighted by molar-refractivity contribution is 6.33. The molecule has 2 rings (SSSR count). The Labute approximate surface area is 97.5 Å². The average Bonchev–Trinajstić information content (AvgIpc) is 2.32. The predicted octanol–water partition coefficient (Wildman–Crippen LogP) is 3.96. The van der Waals surface area contributed by atoms with Crippen LogP contribution in [0, 0.1) is 5.82 Å². The van der Waals surface area contributed by atoms with E-state index in [1.165, 1.54) is 18.2 Å². The minimum Gasteiger partial charge on any atom is -0.298 e. The maximum atomic E-state index is 13.1. The first kappa shape index (κ1) is 10.8. The van der Waals surface area contributed by atoms with Gasteiger partial charge in [0.1, 0.15) is 5.82 Å². The second kappa shape index (κ2) is 4.45. The maximum Gasteiger partial charge on any atom is 0.150 e. The van der Waals surface area contributed by atoms with Crippen LogP contribution in [0.4, 0.5) is 4.39 Å². The summed E-state index contributed by atoms with van der Waals surface area (Å²) in [4.78, 5) is 10.9. The maximum absolute atomic E-state index is 13.1. The molecular weight excluding hydrogens is 227 g/mol. The van der Waals surface area contributed by atoms with Gasteiger partial charge in [-0.1, -0.05) is 35.9 Å². The van der Waals surface area contributed by atoms with Gasteiger partial charge < -0.3 is 0 Å². The summed E-state index contributed by atoms with van der Waals surface area (Å²) in [6.45, 7) is 0. The Balaban J connectivity index is 2.66. The lowest BCUT2D eigenvalue weighted by Gasteiger charge is -2.06. The zero-order chi connectivity index (χ0) is 11.5. The highest BCUT2D eigenvalue weighted by atomic mass is 35.5. The number of carbonyl (C=O) groups is 1. The monoisotopic (exact) mass is 234 g/mol. The van der Waals surface area contributed by atoms with E-state index in [1.54, 1.807) is 24.3 Å². The van der Waals surface area contributed by atoms with Crippen molar-refractivity contribution in [1.82, 2.24) is 0 Å². The summed E-state index contributed by atoms with van der Waals surface area (Å²) in [5, 5.41) is 0.427. The van der Waals surface area contributed by atoms with Crippen molar-refractivity contribution in [3.8, 4) is 11.1 Å². The van der Waals surface area contributed by atoms with Crippen LogP contribution < -0.4 is 0 Å². The normalized spacial score (nSPS) is 10.1. The first-order chi connectivity index (χ1) is 7.72. The summed E-state index contributed by atoms with van der Waals surface area (Å²) in [6, 6.07) is 11.0. The van der Waals surface area contributed by atoms with E-state index >= 15 is 0 Å². The van der Waals surface area contributed by atoms with Gasteiger partial charge in [0.05, 0.1) is 0 Å². The minimum atomic E-state index is -0.375. The molecule has 80 valence electrons. The first-order valence-corrected chi connectivity index (χ1v) is 5.10. The van der Waals surface area contributed by atoms with Gasteiger partial charge in [-0.15, -0.1) is 0 Å². The lowest BCUT2D eigenvalue weighted by Crippen LogP contribution is -1.88. The zero-order valence-corrected chi connectivity index (χ0v) is 9.04. The van der Waals surface area contributed by atoms with Crippen molar-refractivity contribution < 1.29 is 9.18 Å². The molecule has 1 nitrogen and oxygen atoms in total. The SMILES string of the molecule is O=Cc1ccccc1-c1cc(F)ccc1Cl. The van der Waals surface area contributed by atoms with Crippen LogP contribution in [0.25, 0.3) is 11.1 Å². The Hall–Kier alpha value is -1.67. The molecule has 0 aliphatic heterocycles. The molecule has 0 aliphatic carbocycles. The lowest BCUT2D eigenvalue weighted by molar-refractivity contribution is 0.112. The third-order valence-corrected chi connectivity index (χ3v) is 2.64. The third kappa shape index (κ3) is 1.97. The van der Waals surface area contributed by atoms with Gasteiger partial charge >= 0.3 is 0 Å². The van der Waals surface area contributed by atoms with Gasteiger partial charge in [-0.2, -0.15) is 0 Å². The number of hydrogen-bond acceptors (Lipinski definition) is 1. The fourth-order valence-corrected chi connectivity index (χ4v) is 1.77. The van der Waals surface area contributed by atoms with Gasteiger partial charge in [-0.05, 0) is 23.8 Å². The summed E-state index contributed by atoms with van der Waals surface area (Å²) >= 11 is 5.98. The van der Waals surface area contributed by atoms with Crippen LogP contribution in [0.5, 0.6) is 0 Å². The van der Waals surface area contributed by atoms with E-state index in [1.807, 2.05) is 0 Å². The van der Waals surface area contributed by atoms with Crippen LogP contribution in [-0.2, 0) is 0 Å². The lowest BCUT2D eigenvalue weighted by atomic mass is 10.0. The molecule has 16 heavy (non-hydrogen) atoms. The smallest absolute Gasteiger partial charge is 0.150 e. The highest BCUT2D eigenvalue weighted by Gasteiger charge is 2.08. The molecule has 0 spiro atoms.